The van der Waals surface area contributed by atoms with Crippen molar-refractivity contribution in [2.75, 3.05) is 13.1 Å². The normalized spacial score (nSPS) is 17.6. The van der Waals surface area contributed by atoms with Crippen LogP contribution in [0.3, 0.4) is 0 Å². The number of nitrogens with zero attached hydrogens (tertiary/aromatic N) is 3. The summed E-state index contributed by atoms with van der Waals surface area (Å²) in [5.74, 6) is 0.965. The molecule has 1 spiro atoms. The lowest BCUT2D eigenvalue weighted by Crippen LogP contribution is -2.50. The monoisotopic (exact) mass is 419 g/mol. The first kappa shape index (κ1) is 19.9. The number of carbonyl (C=O) groups excluding carboxylic acids is 1. The Bertz CT molecular complexity index is 1150. The molecule has 4 heterocycles. The lowest BCUT2D eigenvalue weighted by molar-refractivity contribution is -0.00887. The zero-order chi connectivity index (χ0) is 21.8. The van der Waals surface area contributed by atoms with Crippen LogP contribution in [0.1, 0.15) is 44.9 Å². The van der Waals surface area contributed by atoms with Crippen LogP contribution in [0.25, 0.3) is 16.6 Å². The average molecular weight is 420 g/mol. The van der Waals surface area contributed by atoms with E-state index in [2.05, 4.69) is 42.4 Å². The summed E-state index contributed by atoms with van der Waals surface area (Å²) in [7, 11) is 0. The zero-order valence-electron chi connectivity index (χ0n) is 18.6. The zero-order valence-corrected chi connectivity index (χ0v) is 18.6. The molecule has 0 bridgehead atoms. The van der Waals surface area contributed by atoms with Gasteiger partial charge in [-0.2, -0.15) is 5.10 Å². The van der Waals surface area contributed by atoms with Crippen molar-refractivity contribution in [3.8, 4) is 16.9 Å². The fraction of sp³-hybridized carbons (Fsp3) is 0.440. The van der Waals surface area contributed by atoms with Crippen LogP contribution < -0.4 is 4.74 Å². The summed E-state index contributed by atoms with van der Waals surface area (Å²) in [6.07, 6.45) is 4.10. The van der Waals surface area contributed by atoms with Crippen molar-refractivity contribution < 1.29 is 14.3 Å². The first-order valence-corrected chi connectivity index (χ1v) is 11.0. The Morgan fingerprint density at radius 1 is 1.13 bits per heavy atom. The summed E-state index contributed by atoms with van der Waals surface area (Å²) >= 11 is 0. The Morgan fingerprint density at radius 2 is 1.90 bits per heavy atom. The lowest BCUT2D eigenvalue weighted by atomic mass is 9.86. The van der Waals surface area contributed by atoms with Crippen molar-refractivity contribution >= 4 is 11.6 Å². The first-order valence-electron chi connectivity index (χ1n) is 11.0. The second kappa shape index (κ2) is 7.01. The first-order chi connectivity index (χ1) is 14.7. The lowest BCUT2D eigenvalue weighted by Gasteiger charge is -2.39. The van der Waals surface area contributed by atoms with Gasteiger partial charge >= 0.3 is 6.09 Å². The quantitative estimate of drug-likeness (QED) is 0.556. The number of ether oxygens (including phenoxy) is 2. The molecule has 1 saturated heterocycles. The van der Waals surface area contributed by atoms with Gasteiger partial charge in [0, 0.05) is 49.8 Å². The fourth-order valence-corrected chi connectivity index (χ4v) is 4.73. The van der Waals surface area contributed by atoms with Gasteiger partial charge < -0.3 is 14.4 Å². The van der Waals surface area contributed by atoms with Crippen molar-refractivity contribution in [2.45, 2.75) is 58.2 Å². The highest BCUT2D eigenvalue weighted by Gasteiger charge is 2.43. The minimum absolute atomic E-state index is 0.222. The van der Waals surface area contributed by atoms with Gasteiger partial charge in [-0.3, -0.25) is 0 Å². The maximum Gasteiger partial charge on any atom is 0.410 e. The molecule has 2 aliphatic rings. The molecule has 0 N–H and O–H groups in total. The van der Waals surface area contributed by atoms with Crippen molar-refractivity contribution in [3.05, 3.63) is 53.9 Å². The Hall–Kier alpha value is -3.02. The van der Waals surface area contributed by atoms with E-state index in [1.54, 1.807) is 4.90 Å². The fourth-order valence-electron chi connectivity index (χ4n) is 4.73. The van der Waals surface area contributed by atoms with Gasteiger partial charge in [-0.25, -0.2) is 9.31 Å². The third-order valence-corrected chi connectivity index (χ3v) is 6.34. The van der Waals surface area contributed by atoms with E-state index in [1.165, 1.54) is 16.7 Å². The van der Waals surface area contributed by atoms with Gasteiger partial charge in [0.25, 0.3) is 0 Å². The molecule has 3 aromatic rings. The molecule has 1 fully saturated rings. The summed E-state index contributed by atoms with van der Waals surface area (Å²) in [6, 6.07) is 12.8. The number of aryl methyl sites for hydroxylation is 1. The number of fused-ring (bicyclic) bond motifs is 2. The van der Waals surface area contributed by atoms with E-state index in [9.17, 15) is 4.79 Å². The summed E-state index contributed by atoms with van der Waals surface area (Å²) in [5, 5.41) is 4.44. The van der Waals surface area contributed by atoms with E-state index < -0.39 is 5.60 Å². The van der Waals surface area contributed by atoms with Crippen LogP contribution in [0.5, 0.6) is 5.75 Å². The van der Waals surface area contributed by atoms with Gasteiger partial charge in [0.1, 0.15) is 17.0 Å². The molecule has 1 aromatic carbocycles. The summed E-state index contributed by atoms with van der Waals surface area (Å²) in [4.78, 5) is 14.2. The van der Waals surface area contributed by atoms with E-state index >= 15 is 0 Å². The third-order valence-electron chi connectivity index (χ3n) is 6.34. The van der Waals surface area contributed by atoms with E-state index in [4.69, 9.17) is 9.47 Å². The van der Waals surface area contributed by atoms with Crippen LogP contribution in [0, 0.1) is 6.92 Å². The molecule has 0 aliphatic carbocycles. The number of carbonyl (C=O) groups is 1. The van der Waals surface area contributed by atoms with Crippen molar-refractivity contribution in [1.29, 1.82) is 0 Å². The molecule has 2 aromatic heterocycles. The summed E-state index contributed by atoms with van der Waals surface area (Å²) in [6.45, 7) is 9.12. The summed E-state index contributed by atoms with van der Waals surface area (Å²) in [5.41, 5.74) is 5.13. The number of rotatable bonds is 1. The molecule has 162 valence electrons. The SMILES string of the molecule is Cc1c(-c2ccc3c(c2)CC2(CCN(C(=O)OC(C)(C)C)CC2)O3)ccc2ccnn12. The number of aromatic nitrogens is 2. The Balaban J connectivity index is 1.33. The highest BCUT2D eigenvalue weighted by Crippen LogP contribution is 2.43. The predicted octanol–water partition coefficient (Wildman–Crippen LogP) is 5.01. The number of likely N-dealkylation sites (tertiary alicyclic amines) is 1. The summed E-state index contributed by atoms with van der Waals surface area (Å²) < 4.78 is 14.0. The Labute approximate surface area is 182 Å². The minimum Gasteiger partial charge on any atom is -0.487 e. The van der Waals surface area contributed by atoms with Gasteiger partial charge in [-0.05, 0) is 63.1 Å². The number of hydrogen-bond acceptors (Lipinski definition) is 4. The Morgan fingerprint density at radius 3 is 2.65 bits per heavy atom. The molecule has 2 aliphatic heterocycles. The number of pyridine rings is 1. The molecule has 0 radical (unpaired) electrons. The molecule has 0 atom stereocenters. The van der Waals surface area contributed by atoms with Crippen LogP contribution in [0.2, 0.25) is 0 Å². The molecule has 1 amide bonds. The second-order valence-electron chi connectivity index (χ2n) is 9.75. The van der Waals surface area contributed by atoms with Crippen molar-refractivity contribution in [2.24, 2.45) is 0 Å². The molecular weight excluding hydrogens is 390 g/mol. The van der Waals surface area contributed by atoms with Crippen LogP contribution in [-0.4, -0.2) is 44.9 Å². The van der Waals surface area contributed by atoms with Gasteiger partial charge in [0.15, 0.2) is 0 Å². The van der Waals surface area contributed by atoms with Crippen LogP contribution in [0.15, 0.2) is 42.6 Å². The van der Waals surface area contributed by atoms with Gasteiger partial charge in [-0.15, -0.1) is 0 Å². The van der Waals surface area contributed by atoms with Crippen molar-refractivity contribution in [3.63, 3.8) is 0 Å². The van der Waals surface area contributed by atoms with E-state index in [0.29, 0.717) is 13.1 Å². The topological polar surface area (TPSA) is 56.1 Å². The number of benzene rings is 1. The van der Waals surface area contributed by atoms with Gasteiger partial charge in [0.2, 0.25) is 0 Å². The van der Waals surface area contributed by atoms with Crippen LogP contribution in [0.4, 0.5) is 4.79 Å². The standard InChI is InChI=1S/C25H29N3O3/c1-17-21(7-6-20-9-12-26-28(17)20)18-5-8-22-19(15-18)16-25(30-22)10-13-27(14-11-25)23(29)31-24(2,3)4/h5-9,12,15H,10-11,13-14,16H2,1-4H3. The highest BCUT2D eigenvalue weighted by molar-refractivity contribution is 5.71. The predicted molar refractivity (Wildman–Crippen MR) is 119 cm³/mol. The third kappa shape index (κ3) is 3.64. The van der Waals surface area contributed by atoms with E-state index in [1.807, 2.05) is 37.5 Å². The largest absolute Gasteiger partial charge is 0.487 e. The number of piperidine rings is 1. The molecule has 5 rings (SSSR count). The van der Waals surface area contributed by atoms with E-state index in [-0.39, 0.29) is 11.7 Å². The maximum atomic E-state index is 12.4. The number of hydrogen-bond donors (Lipinski definition) is 0. The molecule has 0 saturated carbocycles. The molecule has 6 heteroatoms. The van der Waals surface area contributed by atoms with Gasteiger partial charge in [-0.1, -0.05) is 12.1 Å². The van der Waals surface area contributed by atoms with Gasteiger partial charge in [0.05, 0.1) is 5.52 Å². The molecule has 0 unspecified atom stereocenters. The average Bonchev–Trinajstić information content (AvgIpc) is 3.31. The second-order valence-corrected chi connectivity index (χ2v) is 9.75. The molecule has 31 heavy (non-hydrogen) atoms. The smallest absolute Gasteiger partial charge is 0.410 e. The molecule has 6 nitrogen and oxygen atoms in total. The highest BCUT2D eigenvalue weighted by atomic mass is 16.6. The molecular formula is C25H29N3O3. The number of amides is 1. The minimum atomic E-state index is -0.472. The van der Waals surface area contributed by atoms with E-state index in [0.717, 1.165) is 36.2 Å². The van der Waals surface area contributed by atoms with Crippen molar-refractivity contribution in [1.82, 2.24) is 14.5 Å². The van der Waals surface area contributed by atoms with Crippen LogP contribution >= 0.6 is 0 Å². The maximum absolute atomic E-state index is 12.4. The van der Waals surface area contributed by atoms with Crippen LogP contribution in [-0.2, 0) is 11.2 Å². The Kier molecular flexibility index (Phi) is 4.50.